The molecule has 0 saturated heterocycles. The Hall–Kier alpha value is -5.39. The van der Waals surface area contributed by atoms with Crippen LogP contribution in [-0.2, 0) is 24.3 Å². The number of hydrogen-bond acceptors (Lipinski definition) is 9. The van der Waals surface area contributed by atoms with Crippen molar-refractivity contribution in [1.29, 1.82) is 0 Å². The van der Waals surface area contributed by atoms with Crippen molar-refractivity contribution in [2.45, 2.75) is 19.5 Å². The summed E-state index contributed by atoms with van der Waals surface area (Å²) in [6.45, 7) is 2.01. The molecule has 0 aliphatic carbocycles. The molecule has 0 atom stereocenters. The van der Waals surface area contributed by atoms with Crippen molar-refractivity contribution in [3.63, 3.8) is 0 Å². The molecule has 0 unspecified atom stereocenters. The number of halogens is 1. The Morgan fingerprint density at radius 1 is 0.978 bits per heavy atom. The number of carbonyl (C=O) groups is 1. The Kier molecular flexibility index (Phi) is 8.63. The van der Waals surface area contributed by atoms with E-state index in [0.29, 0.717) is 54.9 Å². The highest BCUT2D eigenvalue weighted by molar-refractivity contribution is 5.84. The fourth-order valence-corrected chi connectivity index (χ4v) is 5.03. The summed E-state index contributed by atoms with van der Waals surface area (Å²) in [6, 6.07) is 19.7. The van der Waals surface area contributed by atoms with E-state index in [0.717, 1.165) is 28.2 Å². The van der Waals surface area contributed by atoms with E-state index in [9.17, 15) is 9.18 Å². The number of anilines is 2. The monoisotopic (exact) mass is 611 g/mol. The topological polar surface area (TPSA) is 107 Å². The number of benzene rings is 3. The van der Waals surface area contributed by atoms with Gasteiger partial charge in [-0.25, -0.2) is 9.37 Å². The van der Waals surface area contributed by atoms with E-state index in [1.54, 1.807) is 31.5 Å². The maximum Gasteiger partial charge on any atom is 0.231 e. The van der Waals surface area contributed by atoms with Gasteiger partial charge in [-0.2, -0.15) is 9.97 Å². The van der Waals surface area contributed by atoms with E-state index in [-0.39, 0.29) is 24.9 Å². The maximum absolute atomic E-state index is 13.9. The van der Waals surface area contributed by atoms with Gasteiger partial charge in [-0.15, -0.1) is 0 Å². The van der Waals surface area contributed by atoms with E-state index in [1.807, 2.05) is 65.0 Å². The first-order chi connectivity index (χ1) is 21.9. The van der Waals surface area contributed by atoms with Crippen LogP contribution in [0.25, 0.3) is 11.2 Å². The molecule has 1 aliphatic rings. The number of amides is 1. The Morgan fingerprint density at radius 2 is 1.80 bits per heavy atom. The molecule has 3 heterocycles. The van der Waals surface area contributed by atoms with Crippen molar-refractivity contribution in [1.82, 2.24) is 24.4 Å². The maximum atomic E-state index is 13.9. The van der Waals surface area contributed by atoms with Crippen LogP contribution >= 0.6 is 0 Å². The fraction of sp³-hybridized carbons (Fsp3) is 0.273. The molecule has 0 fully saturated rings. The van der Waals surface area contributed by atoms with Gasteiger partial charge in [0.05, 0.1) is 26.4 Å². The zero-order valence-electron chi connectivity index (χ0n) is 25.4. The number of nitrogens with zero attached hydrogens (tertiary/aromatic N) is 6. The minimum atomic E-state index is -0.303. The lowest BCUT2D eigenvalue weighted by Gasteiger charge is -2.23. The van der Waals surface area contributed by atoms with Crippen LogP contribution in [0.1, 0.15) is 16.7 Å². The lowest BCUT2D eigenvalue weighted by atomic mass is 10.1. The van der Waals surface area contributed by atoms with Crippen molar-refractivity contribution in [3.8, 4) is 17.2 Å². The van der Waals surface area contributed by atoms with Gasteiger partial charge in [0.15, 0.2) is 28.5 Å². The summed E-state index contributed by atoms with van der Waals surface area (Å²) in [7, 11) is 5.28. The second-order valence-electron chi connectivity index (χ2n) is 10.9. The van der Waals surface area contributed by atoms with Crippen molar-refractivity contribution < 1.29 is 23.4 Å². The van der Waals surface area contributed by atoms with Gasteiger partial charge in [-0.3, -0.25) is 4.79 Å². The first-order valence-electron chi connectivity index (χ1n) is 14.5. The Labute approximate surface area is 260 Å². The van der Waals surface area contributed by atoms with E-state index in [2.05, 4.69) is 10.3 Å². The van der Waals surface area contributed by atoms with Crippen LogP contribution in [0.5, 0.6) is 17.2 Å². The minimum Gasteiger partial charge on any atom is -0.497 e. The van der Waals surface area contributed by atoms with Crippen LogP contribution in [-0.4, -0.2) is 71.4 Å². The number of ether oxygens (including phenoxy) is 3. The average molecular weight is 612 g/mol. The average Bonchev–Trinajstić information content (AvgIpc) is 3.69. The zero-order chi connectivity index (χ0) is 31.3. The van der Waals surface area contributed by atoms with Crippen LogP contribution in [0.2, 0.25) is 0 Å². The normalized spacial score (nSPS) is 11.9. The summed E-state index contributed by atoms with van der Waals surface area (Å²) in [5, 5.41) is 3.41. The van der Waals surface area contributed by atoms with E-state index < -0.39 is 0 Å². The third-order valence-electron chi connectivity index (χ3n) is 7.62. The lowest BCUT2D eigenvalue weighted by molar-refractivity contribution is -0.129. The summed E-state index contributed by atoms with van der Waals surface area (Å²) in [6.07, 6.45) is 1.96. The minimum absolute atomic E-state index is 0.00715. The molecule has 1 N–H and O–H groups in total. The molecule has 0 radical (unpaired) electrons. The number of aromatic nitrogens is 4. The third kappa shape index (κ3) is 6.90. The number of nitrogens with one attached hydrogen (secondary N) is 1. The van der Waals surface area contributed by atoms with Crippen LogP contribution in [0.3, 0.4) is 0 Å². The van der Waals surface area contributed by atoms with Gasteiger partial charge in [0, 0.05) is 33.7 Å². The molecule has 1 aliphatic heterocycles. The molecule has 2 aromatic heterocycles. The van der Waals surface area contributed by atoms with E-state index in [1.165, 1.54) is 12.1 Å². The highest BCUT2D eigenvalue weighted by Gasteiger charge is 2.19. The molecule has 0 spiro atoms. The number of rotatable bonds is 12. The molecule has 12 heteroatoms. The quantitative estimate of drug-likeness (QED) is 0.218. The third-order valence-corrected chi connectivity index (χ3v) is 7.62. The summed E-state index contributed by atoms with van der Waals surface area (Å²) in [5.74, 6) is 2.85. The van der Waals surface area contributed by atoms with Crippen molar-refractivity contribution in [3.05, 3.63) is 95.6 Å². The number of imidazole rings is 1. The predicted molar refractivity (Wildman–Crippen MR) is 168 cm³/mol. The molecular weight excluding hydrogens is 577 g/mol. The molecule has 232 valence electrons. The van der Waals surface area contributed by atoms with Crippen LogP contribution in [0.4, 0.5) is 16.2 Å². The molecule has 3 aromatic carbocycles. The first kappa shape index (κ1) is 29.7. The number of hydrogen-bond donors (Lipinski definition) is 1. The lowest BCUT2D eigenvalue weighted by Crippen LogP contribution is -2.36. The van der Waals surface area contributed by atoms with E-state index in [4.69, 9.17) is 24.2 Å². The molecule has 0 bridgehead atoms. The fourth-order valence-electron chi connectivity index (χ4n) is 5.03. The second-order valence-corrected chi connectivity index (χ2v) is 10.9. The molecule has 1 amide bonds. The Balaban J connectivity index is 1.21. The van der Waals surface area contributed by atoms with E-state index >= 15 is 0 Å². The molecular formula is C33H34FN7O4. The van der Waals surface area contributed by atoms with Crippen LogP contribution in [0.15, 0.2) is 73.1 Å². The number of fused-ring (bicyclic) bond motifs is 2. The summed E-state index contributed by atoms with van der Waals surface area (Å²) >= 11 is 0. The Morgan fingerprint density at radius 3 is 2.64 bits per heavy atom. The van der Waals surface area contributed by atoms with Gasteiger partial charge < -0.3 is 33.9 Å². The van der Waals surface area contributed by atoms with Crippen molar-refractivity contribution >= 4 is 28.8 Å². The summed E-state index contributed by atoms with van der Waals surface area (Å²) < 4.78 is 32.1. The molecule has 5 aromatic rings. The zero-order valence-corrected chi connectivity index (χ0v) is 25.4. The molecule has 45 heavy (non-hydrogen) atoms. The standard InChI is InChI=1S/C33H34FN7O4/c1-39(29(42)17-22-6-5-9-26(15-22)43-3)12-13-40(2)33-37-31(35-18-23-10-11-27-28(16-23)45-21-44-27)30-32(38-33)41(20-36-30)19-24-7-4-8-25(34)14-24/h4-11,14-16,20H,12-13,17-19,21H2,1-3H3,(H,35,37,38). The van der Waals surface area contributed by atoms with Crippen LogP contribution < -0.4 is 24.4 Å². The van der Waals surface area contributed by atoms with Gasteiger partial charge in [-0.05, 0) is 53.1 Å². The van der Waals surface area contributed by atoms with Gasteiger partial charge in [0.1, 0.15) is 11.6 Å². The van der Waals surface area contributed by atoms with Crippen molar-refractivity contribution in [2.24, 2.45) is 0 Å². The molecule has 11 nitrogen and oxygen atoms in total. The van der Waals surface area contributed by atoms with Crippen molar-refractivity contribution in [2.75, 3.05) is 51.3 Å². The van der Waals surface area contributed by atoms with Gasteiger partial charge in [0.25, 0.3) is 0 Å². The number of methoxy groups -OCH3 is 1. The Bertz CT molecular complexity index is 1830. The summed E-state index contributed by atoms with van der Waals surface area (Å²) in [5.41, 5.74) is 3.85. The highest BCUT2D eigenvalue weighted by atomic mass is 19.1. The van der Waals surface area contributed by atoms with Gasteiger partial charge in [0.2, 0.25) is 18.6 Å². The van der Waals surface area contributed by atoms with Gasteiger partial charge in [-0.1, -0.05) is 30.3 Å². The van der Waals surface area contributed by atoms with Gasteiger partial charge >= 0.3 is 0 Å². The largest absolute Gasteiger partial charge is 0.497 e. The first-order valence-corrected chi connectivity index (χ1v) is 14.5. The molecule has 0 saturated carbocycles. The summed E-state index contributed by atoms with van der Waals surface area (Å²) in [4.78, 5) is 30.9. The second kappa shape index (κ2) is 13.1. The highest BCUT2D eigenvalue weighted by Crippen LogP contribution is 2.33. The van der Waals surface area contributed by atoms with Crippen LogP contribution in [0, 0.1) is 5.82 Å². The molecule has 6 rings (SSSR count). The predicted octanol–water partition coefficient (Wildman–Crippen LogP) is 4.50. The number of carbonyl (C=O) groups excluding carboxylic acids is 1. The number of likely N-dealkylation sites (N-methyl/N-ethyl adjacent to an activating group) is 2. The SMILES string of the molecule is COc1cccc(CC(=O)N(C)CCN(C)c2nc(NCc3ccc4c(c3)OCO4)c3ncn(Cc4cccc(F)c4)c3n2)c1. The smallest absolute Gasteiger partial charge is 0.231 e.